The lowest BCUT2D eigenvalue weighted by Crippen LogP contribution is -2.25. The molecule has 0 radical (unpaired) electrons. The fourth-order valence-electron chi connectivity index (χ4n) is 3.89. The summed E-state index contributed by atoms with van der Waals surface area (Å²) < 4.78 is 2.13. The van der Waals surface area contributed by atoms with Crippen molar-refractivity contribution in [3.8, 4) is 0 Å². The fraction of sp³-hybridized carbons (Fsp3) is 0.261. The van der Waals surface area contributed by atoms with Crippen molar-refractivity contribution in [1.82, 2.24) is 14.5 Å². The first-order chi connectivity index (χ1) is 14.1. The van der Waals surface area contributed by atoms with E-state index in [1.165, 1.54) is 0 Å². The van der Waals surface area contributed by atoms with E-state index < -0.39 is 0 Å². The molecule has 6 heteroatoms. The summed E-state index contributed by atoms with van der Waals surface area (Å²) in [6.07, 6.45) is 5.14. The maximum Gasteiger partial charge on any atom is 0.220 e. The lowest BCUT2D eigenvalue weighted by atomic mass is 9.93. The number of aromatic nitrogens is 3. The van der Waals surface area contributed by atoms with Gasteiger partial charge in [-0.25, -0.2) is 9.97 Å². The van der Waals surface area contributed by atoms with Gasteiger partial charge in [0.05, 0.1) is 17.4 Å². The summed E-state index contributed by atoms with van der Waals surface area (Å²) in [4.78, 5) is 20.8. The van der Waals surface area contributed by atoms with Crippen molar-refractivity contribution in [2.45, 2.75) is 32.2 Å². The fourth-order valence-corrected chi connectivity index (χ4v) is 3.89. The van der Waals surface area contributed by atoms with Crippen LogP contribution in [0.3, 0.4) is 0 Å². The summed E-state index contributed by atoms with van der Waals surface area (Å²) in [6, 6.07) is 18.0. The monoisotopic (exact) mass is 387 g/mol. The molecule has 4 aromatic rings. The molecule has 1 atom stereocenters. The van der Waals surface area contributed by atoms with Gasteiger partial charge in [-0.1, -0.05) is 55.0 Å². The highest BCUT2D eigenvalue weighted by atomic mass is 16.1. The average Bonchev–Trinajstić information content (AvgIpc) is 3.16. The molecule has 0 fully saturated rings. The number of carbonyl (C=O) groups excluding carboxylic acids is 1. The van der Waals surface area contributed by atoms with Gasteiger partial charge in [-0.05, 0) is 30.9 Å². The quantitative estimate of drug-likeness (QED) is 0.450. The van der Waals surface area contributed by atoms with Crippen LogP contribution in [0.4, 0.5) is 5.82 Å². The van der Waals surface area contributed by atoms with E-state index in [0.717, 1.165) is 53.3 Å². The van der Waals surface area contributed by atoms with Crippen LogP contribution >= 0.6 is 0 Å². The number of fused-ring (bicyclic) bond motifs is 3. The molecule has 0 spiro atoms. The second kappa shape index (κ2) is 8.31. The molecule has 0 saturated carbocycles. The number of primary amides is 1. The molecule has 2 aromatic heterocycles. The standard InChI is InChI=1S/C23H25N5O/c24-22-20-21(18-11-4-5-12-19(18)27-22)28(15-26-20)13-7-6-10-17(23(25)29)14-16-8-2-1-3-9-16/h1-5,8-9,11-12,15,17H,6-7,10,13-14H2,(H2,24,27)(H2,25,29). The first kappa shape index (κ1) is 18.9. The van der Waals surface area contributed by atoms with E-state index in [1.807, 2.05) is 60.9 Å². The molecule has 6 nitrogen and oxygen atoms in total. The van der Waals surface area contributed by atoms with Crippen molar-refractivity contribution in [3.05, 3.63) is 66.5 Å². The number of anilines is 1. The van der Waals surface area contributed by atoms with Crippen molar-refractivity contribution >= 4 is 33.7 Å². The third kappa shape index (κ3) is 4.06. The molecule has 2 heterocycles. The number of nitrogens with zero attached hydrogens (tertiary/aromatic N) is 3. The minimum absolute atomic E-state index is 0.141. The number of nitrogens with two attached hydrogens (primary N) is 2. The van der Waals surface area contributed by atoms with Gasteiger partial charge in [-0.15, -0.1) is 0 Å². The Morgan fingerprint density at radius 1 is 1.03 bits per heavy atom. The molecule has 0 aliphatic rings. The predicted molar refractivity (Wildman–Crippen MR) is 116 cm³/mol. The zero-order valence-electron chi connectivity index (χ0n) is 16.3. The number of aryl methyl sites for hydroxylation is 1. The Hall–Kier alpha value is -3.41. The number of hydrogen-bond donors (Lipinski definition) is 2. The van der Waals surface area contributed by atoms with E-state index in [9.17, 15) is 4.79 Å². The molecule has 0 aliphatic carbocycles. The van der Waals surface area contributed by atoms with Crippen LogP contribution < -0.4 is 11.5 Å². The van der Waals surface area contributed by atoms with E-state index >= 15 is 0 Å². The summed E-state index contributed by atoms with van der Waals surface area (Å²) in [7, 11) is 0. The molecular weight excluding hydrogens is 362 g/mol. The van der Waals surface area contributed by atoms with E-state index in [2.05, 4.69) is 14.5 Å². The zero-order chi connectivity index (χ0) is 20.2. The highest BCUT2D eigenvalue weighted by Crippen LogP contribution is 2.27. The molecular formula is C23H25N5O. The number of para-hydroxylation sites is 1. The summed E-state index contributed by atoms with van der Waals surface area (Å²) in [5.41, 5.74) is 15.5. The Kier molecular flexibility index (Phi) is 5.42. The number of hydrogen-bond acceptors (Lipinski definition) is 4. The van der Waals surface area contributed by atoms with Gasteiger partial charge in [0.25, 0.3) is 0 Å². The number of pyridine rings is 1. The average molecular weight is 387 g/mol. The Labute approximate surface area is 169 Å². The number of nitrogen functional groups attached to an aromatic ring is 1. The third-order valence-electron chi connectivity index (χ3n) is 5.41. The van der Waals surface area contributed by atoms with Crippen LogP contribution in [-0.4, -0.2) is 20.4 Å². The minimum Gasteiger partial charge on any atom is -0.382 e. The zero-order valence-corrected chi connectivity index (χ0v) is 16.3. The molecule has 0 saturated heterocycles. The maximum absolute atomic E-state index is 11.9. The van der Waals surface area contributed by atoms with Crippen molar-refractivity contribution < 1.29 is 4.79 Å². The van der Waals surface area contributed by atoms with Gasteiger partial charge in [-0.2, -0.15) is 0 Å². The Morgan fingerprint density at radius 3 is 2.59 bits per heavy atom. The molecule has 1 unspecified atom stereocenters. The van der Waals surface area contributed by atoms with Gasteiger partial charge in [0, 0.05) is 17.8 Å². The molecule has 29 heavy (non-hydrogen) atoms. The summed E-state index contributed by atoms with van der Waals surface area (Å²) in [5.74, 6) is 0.0819. The molecule has 1 amide bonds. The first-order valence-corrected chi connectivity index (χ1v) is 9.96. The lowest BCUT2D eigenvalue weighted by Gasteiger charge is -2.14. The Bertz CT molecular complexity index is 1140. The maximum atomic E-state index is 11.9. The lowest BCUT2D eigenvalue weighted by molar-refractivity contribution is -0.122. The van der Waals surface area contributed by atoms with E-state index in [4.69, 9.17) is 11.5 Å². The van der Waals surface area contributed by atoms with Gasteiger partial charge in [0.2, 0.25) is 5.91 Å². The second-order valence-electron chi connectivity index (χ2n) is 7.43. The number of imidazole rings is 1. The van der Waals surface area contributed by atoms with Crippen LogP contribution in [0.5, 0.6) is 0 Å². The smallest absolute Gasteiger partial charge is 0.220 e. The van der Waals surface area contributed by atoms with E-state index in [-0.39, 0.29) is 11.8 Å². The predicted octanol–water partition coefficient (Wildman–Crippen LogP) is 3.68. The molecule has 4 N–H and O–H groups in total. The van der Waals surface area contributed by atoms with Crippen LogP contribution in [0.2, 0.25) is 0 Å². The topological polar surface area (TPSA) is 99.8 Å². The molecule has 0 aliphatic heterocycles. The van der Waals surface area contributed by atoms with Gasteiger partial charge in [-0.3, -0.25) is 4.79 Å². The Morgan fingerprint density at radius 2 is 1.79 bits per heavy atom. The van der Waals surface area contributed by atoms with Crippen LogP contribution in [0.15, 0.2) is 60.9 Å². The minimum atomic E-state index is -0.230. The molecule has 2 aromatic carbocycles. The van der Waals surface area contributed by atoms with E-state index in [0.29, 0.717) is 12.2 Å². The van der Waals surface area contributed by atoms with Gasteiger partial charge < -0.3 is 16.0 Å². The summed E-state index contributed by atoms with van der Waals surface area (Å²) in [6.45, 7) is 0.806. The van der Waals surface area contributed by atoms with Crippen molar-refractivity contribution in [2.24, 2.45) is 11.7 Å². The van der Waals surface area contributed by atoms with Crippen LogP contribution in [-0.2, 0) is 17.8 Å². The normalized spacial score (nSPS) is 12.4. The molecule has 148 valence electrons. The first-order valence-electron chi connectivity index (χ1n) is 9.96. The molecule has 0 bridgehead atoms. The summed E-state index contributed by atoms with van der Waals surface area (Å²) in [5, 5.41) is 1.05. The van der Waals surface area contributed by atoms with Crippen LogP contribution in [0.25, 0.3) is 21.9 Å². The Balaban J connectivity index is 1.44. The summed E-state index contributed by atoms with van der Waals surface area (Å²) >= 11 is 0. The van der Waals surface area contributed by atoms with Gasteiger partial charge in [0.1, 0.15) is 5.52 Å². The van der Waals surface area contributed by atoms with Crippen LogP contribution in [0.1, 0.15) is 24.8 Å². The highest BCUT2D eigenvalue weighted by molar-refractivity contribution is 6.06. The number of benzene rings is 2. The van der Waals surface area contributed by atoms with Gasteiger partial charge >= 0.3 is 0 Å². The SMILES string of the molecule is NC(=O)C(CCCCn1cnc2c(N)nc3ccccc3c21)Cc1ccccc1. The molecule has 4 rings (SSSR count). The van der Waals surface area contributed by atoms with Crippen molar-refractivity contribution in [1.29, 1.82) is 0 Å². The van der Waals surface area contributed by atoms with E-state index in [1.54, 1.807) is 0 Å². The highest BCUT2D eigenvalue weighted by Gasteiger charge is 2.16. The van der Waals surface area contributed by atoms with Crippen molar-refractivity contribution in [2.75, 3.05) is 5.73 Å². The number of rotatable bonds is 8. The van der Waals surface area contributed by atoms with Crippen molar-refractivity contribution in [3.63, 3.8) is 0 Å². The second-order valence-corrected chi connectivity index (χ2v) is 7.43. The van der Waals surface area contributed by atoms with Gasteiger partial charge in [0.15, 0.2) is 5.82 Å². The number of unbranched alkanes of at least 4 members (excludes halogenated alkanes) is 1. The van der Waals surface area contributed by atoms with Crippen LogP contribution in [0, 0.1) is 5.92 Å². The largest absolute Gasteiger partial charge is 0.382 e. The number of amides is 1. The third-order valence-corrected chi connectivity index (χ3v) is 5.41. The number of carbonyl (C=O) groups is 1.